The minimum absolute atomic E-state index is 0.161. The van der Waals surface area contributed by atoms with Crippen LogP contribution in [0.15, 0.2) is 107 Å². The number of hydrogen-bond donors (Lipinski definition) is 2. The van der Waals surface area contributed by atoms with E-state index in [-0.39, 0.29) is 37.2 Å². The van der Waals surface area contributed by atoms with E-state index >= 15 is 0 Å². The van der Waals surface area contributed by atoms with Crippen LogP contribution in [0.1, 0.15) is 22.1 Å². The van der Waals surface area contributed by atoms with Crippen LogP contribution in [0.5, 0.6) is 0 Å². The highest BCUT2D eigenvalue weighted by molar-refractivity contribution is 8.15. The molecule has 40 heavy (non-hydrogen) atoms. The Kier molecular flexibility index (Phi) is 8.36. The average Bonchev–Trinajstić information content (AvgIpc) is 3.57. The van der Waals surface area contributed by atoms with Gasteiger partial charge >= 0.3 is 0 Å². The monoisotopic (exact) mass is 556 g/mol. The molecular formula is C30H25FN4O4S. The van der Waals surface area contributed by atoms with Crippen molar-refractivity contribution in [3.63, 3.8) is 0 Å². The first kappa shape index (κ1) is 26.9. The molecule has 3 aromatic carbocycles. The average molecular weight is 557 g/mol. The number of anilines is 1. The van der Waals surface area contributed by atoms with Gasteiger partial charge in [0.05, 0.1) is 31.5 Å². The van der Waals surface area contributed by atoms with Crippen LogP contribution < -0.4 is 10.6 Å². The third-order valence-electron chi connectivity index (χ3n) is 6.02. The minimum atomic E-state index is -0.579. The van der Waals surface area contributed by atoms with Crippen molar-refractivity contribution in [1.82, 2.24) is 10.2 Å². The van der Waals surface area contributed by atoms with Crippen LogP contribution in [-0.2, 0) is 27.3 Å². The summed E-state index contributed by atoms with van der Waals surface area (Å²) in [6, 6.07) is 25.6. The Hall–Kier alpha value is -4.70. The lowest BCUT2D eigenvalue weighted by Gasteiger charge is -2.15. The summed E-state index contributed by atoms with van der Waals surface area (Å²) in [4.78, 5) is 44.0. The lowest BCUT2D eigenvalue weighted by Crippen LogP contribution is -2.33. The van der Waals surface area contributed by atoms with Gasteiger partial charge in [-0.25, -0.2) is 9.38 Å². The number of halogens is 1. The summed E-state index contributed by atoms with van der Waals surface area (Å²) in [6.07, 6.45) is 1.73. The van der Waals surface area contributed by atoms with Gasteiger partial charge in [0.15, 0.2) is 5.17 Å². The number of rotatable bonds is 9. The summed E-state index contributed by atoms with van der Waals surface area (Å²) >= 11 is 1.26. The van der Waals surface area contributed by atoms with Crippen molar-refractivity contribution in [2.24, 2.45) is 4.99 Å². The number of nitrogens with one attached hydrogen (secondary N) is 2. The van der Waals surface area contributed by atoms with Gasteiger partial charge in [0.1, 0.15) is 16.8 Å². The first-order valence-electron chi connectivity index (χ1n) is 12.5. The van der Waals surface area contributed by atoms with Crippen LogP contribution in [0.3, 0.4) is 0 Å². The van der Waals surface area contributed by atoms with E-state index < -0.39 is 11.1 Å². The quantitative estimate of drug-likeness (QED) is 0.294. The van der Waals surface area contributed by atoms with Crippen LogP contribution in [0.25, 0.3) is 0 Å². The lowest BCUT2D eigenvalue weighted by atomic mass is 10.1. The molecular weight excluding hydrogens is 531 g/mol. The maximum Gasteiger partial charge on any atom is 0.247 e. The van der Waals surface area contributed by atoms with Crippen molar-refractivity contribution in [1.29, 1.82) is 0 Å². The predicted octanol–water partition coefficient (Wildman–Crippen LogP) is 5.22. The van der Waals surface area contributed by atoms with E-state index in [1.165, 1.54) is 35.1 Å². The molecule has 2 N–H and O–H groups in total. The van der Waals surface area contributed by atoms with Crippen molar-refractivity contribution in [2.75, 3.05) is 11.9 Å². The van der Waals surface area contributed by atoms with Gasteiger partial charge in [0.2, 0.25) is 17.7 Å². The number of aliphatic imine (C=N–C) groups is 1. The van der Waals surface area contributed by atoms with E-state index in [2.05, 4.69) is 15.6 Å². The molecule has 1 aliphatic rings. The van der Waals surface area contributed by atoms with Crippen LogP contribution >= 0.6 is 11.8 Å². The molecule has 0 aliphatic carbocycles. The highest BCUT2D eigenvalue weighted by atomic mass is 32.2. The number of hydrogen-bond acceptors (Lipinski definition) is 6. The molecule has 202 valence electrons. The maximum atomic E-state index is 13.7. The van der Waals surface area contributed by atoms with E-state index in [9.17, 15) is 18.8 Å². The normalized spacial score (nSPS) is 15.8. The summed E-state index contributed by atoms with van der Waals surface area (Å²) < 4.78 is 19.2. The third-order valence-corrected chi connectivity index (χ3v) is 7.25. The zero-order valence-corrected chi connectivity index (χ0v) is 22.1. The second-order valence-corrected chi connectivity index (χ2v) is 10.1. The topological polar surface area (TPSA) is 104 Å². The molecule has 8 nitrogen and oxygen atoms in total. The van der Waals surface area contributed by atoms with E-state index in [0.29, 0.717) is 22.3 Å². The molecule has 0 spiro atoms. The minimum Gasteiger partial charge on any atom is -0.467 e. The molecule has 2 heterocycles. The molecule has 0 radical (unpaired) electrons. The molecule has 1 atom stereocenters. The molecule has 5 rings (SSSR count). The van der Waals surface area contributed by atoms with Gasteiger partial charge in [-0.05, 0) is 53.6 Å². The summed E-state index contributed by atoms with van der Waals surface area (Å²) in [5.41, 5.74) is 2.51. The molecule has 10 heteroatoms. The van der Waals surface area contributed by atoms with Crippen molar-refractivity contribution in [3.8, 4) is 0 Å². The maximum absolute atomic E-state index is 13.7. The molecule has 1 unspecified atom stereocenters. The third kappa shape index (κ3) is 6.83. The second-order valence-electron chi connectivity index (χ2n) is 8.99. The number of amidine groups is 1. The summed E-state index contributed by atoms with van der Waals surface area (Å²) in [7, 11) is 0. The molecule has 3 amide bonds. The molecule has 1 fully saturated rings. The number of benzene rings is 3. The molecule has 0 bridgehead atoms. The Morgan fingerprint density at radius 1 is 0.950 bits per heavy atom. The molecule has 0 saturated carbocycles. The summed E-state index contributed by atoms with van der Waals surface area (Å²) in [6.45, 7) is 0.0274. The number of nitrogens with zero attached hydrogens (tertiary/aromatic N) is 2. The zero-order valence-electron chi connectivity index (χ0n) is 21.2. The van der Waals surface area contributed by atoms with E-state index in [1.807, 2.05) is 30.3 Å². The highest BCUT2D eigenvalue weighted by Crippen LogP contribution is 2.41. The van der Waals surface area contributed by atoms with Gasteiger partial charge in [0.25, 0.3) is 0 Å². The Labute approximate surface area is 234 Å². The van der Waals surface area contributed by atoms with Crippen molar-refractivity contribution in [3.05, 3.63) is 120 Å². The molecule has 4 aromatic rings. The van der Waals surface area contributed by atoms with Gasteiger partial charge in [-0.1, -0.05) is 60.3 Å². The van der Waals surface area contributed by atoms with E-state index in [0.717, 1.165) is 11.1 Å². The number of carbonyl (C=O) groups excluding carboxylic acids is 3. The number of thioether (sulfide) groups is 1. The van der Waals surface area contributed by atoms with Gasteiger partial charge < -0.3 is 15.1 Å². The number of amides is 3. The molecule has 1 saturated heterocycles. The number of carbonyl (C=O) groups is 3. The SMILES string of the molecule is O=C(Cc1ccccc1)NCC(=O)Nc1ccc(C2SC(=Nc3cccc(F)c3)N(Cc3ccco3)C2=O)cc1. The second kappa shape index (κ2) is 12.4. The van der Waals surface area contributed by atoms with Crippen LogP contribution in [-0.4, -0.2) is 34.3 Å². The fraction of sp³-hybridized carbons (Fsp3) is 0.133. The molecule has 1 aromatic heterocycles. The fourth-order valence-electron chi connectivity index (χ4n) is 4.08. The Morgan fingerprint density at radius 3 is 2.48 bits per heavy atom. The first-order chi connectivity index (χ1) is 19.4. The Balaban J connectivity index is 1.23. The Morgan fingerprint density at radius 2 is 1.75 bits per heavy atom. The van der Waals surface area contributed by atoms with Crippen molar-refractivity contribution >= 4 is 46.0 Å². The van der Waals surface area contributed by atoms with Crippen LogP contribution in [0, 0.1) is 5.82 Å². The first-order valence-corrected chi connectivity index (χ1v) is 13.4. The zero-order chi connectivity index (χ0) is 27.9. The number of furan rings is 1. The van der Waals surface area contributed by atoms with Crippen LogP contribution in [0.4, 0.5) is 15.8 Å². The standard InChI is InChI=1S/C30H25FN4O4S/c31-22-8-4-9-24(17-22)34-30-35(19-25-10-5-15-39-25)29(38)28(40-30)21-11-13-23(14-12-21)33-27(37)18-32-26(36)16-20-6-2-1-3-7-20/h1-15,17,28H,16,18-19H2,(H,32,36)(H,33,37). The predicted molar refractivity (Wildman–Crippen MR) is 151 cm³/mol. The van der Waals surface area contributed by atoms with Crippen molar-refractivity contribution in [2.45, 2.75) is 18.2 Å². The fourth-order valence-corrected chi connectivity index (χ4v) is 5.25. The van der Waals surface area contributed by atoms with Gasteiger partial charge in [-0.15, -0.1) is 0 Å². The van der Waals surface area contributed by atoms with E-state index in [1.54, 1.807) is 48.5 Å². The molecule has 1 aliphatic heterocycles. The summed E-state index contributed by atoms with van der Waals surface area (Å²) in [5, 5.41) is 5.22. The van der Waals surface area contributed by atoms with Crippen molar-refractivity contribution < 1.29 is 23.2 Å². The lowest BCUT2D eigenvalue weighted by molar-refractivity contribution is -0.126. The van der Waals surface area contributed by atoms with Gasteiger partial charge in [-0.2, -0.15) is 0 Å². The highest BCUT2D eigenvalue weighted by Gasteiger charge is 2.39. The van der Waals surface area contributed by atoms with Gasteiger partial charge in [0, 0.05) is 5.69 Å². The summed E-state index contributed by atoms with van der Waals surface area (Å²) in [5.74, 6) is -0.624. The largest absolute Gasteiger partial charge is 0.467 e. The Bertz CT molecular complexity index is 1530. The van der Waals surface area contributed by atoms with Gasteiger partial charge in [-0.3, -0.25) is 19.3 Å². The van der Waals surface area contributed by atoms with E-state index in [4.69, 9.17) is 4.42 Å². The smallest absolute Gasteiger partial charge is 0.247 e. The van der Waals surface area contributed by atoms with Crippen LogP contribution in [0.2, 0.25) is 0 Å².